The Labute approximate surface area is 124 Å². The first-order valence-corrected chi connectivity index (χ1v) is 7.60. The van der Waals surface area contributed by atoms with Gasteiger partial charge in [0, 0.05) is 19.6 Å². The van der Waals surface area contributed by atoms with Crippen molar-refractivity contribution in [3.63, 3.8) is 0 Å². The van der Waals surface area contributed by atoms with Gasteiger partial charge in [0.2, 0.25) is 17.8 Å². The number of nitrogens with one attached hydrogen (secondary N) is 1. The lowest BCUT2D eigenvalue weighted by molar-refractivity contribution is 0.0981. The number of morpholine rings is 1. The van der Waals surface area contributed by atoms with E-state index < -0.39 is 0 Å². The summed E-state index contributed by atoms with van der Waals surface area (Å²) in [5, 5.41) is 0. The molecule has 0 bridgehead atoms. The molecule has 1 unspecified atom stereocenters. The van der Waals surface area contributed by atoms with Gasteiger partial charge in [0.1, 0.15) is 0 Å². The van der Waals surface area contributed by atoms with E-state index in [0.29, 0.717) is 31.1 Å². The van der Waals surface area contributed by atoms with Crippen LogP contribution in [0.3, 0.4) is 0 Å². The monoisotopic (exact) mass is 293 g/mol. The van der Waals surface area contributed by atoms with Gasteiger partial charge in [-0.2, -0.15) is 15.0 Å². The highest BCUT2D eigenvalue weighted by Crippen LogP contribution is 2.22. The highest BCUT2D eigenvalue weighted by molar-refractivity contribution is 5.45. The first-order valence-electron chi connectivity index (χ1n) is 7.60. The molecule has 0 aromatic carbocycles. The van der Waals surface area contributed by atoms with Crippen LogP contribution >= 0.6 is 0 Å². The second-order valence-corrected chi connectivity index (χ2v) is 5.57. The standard InChI is InChI=1S/C13H23N7O/c1-10-9-21-8-7-20(10)13-16-11(18-14)15-12(17-13)19-5-3-2-4-6-19/h10H,2-9,14H2,1H3,(H,15,16,17,18). The van der Waals surface area contributed by atoms with Crippen molar-refractivity contribution in [1.82, 2.24) is 15.0 Å². The van der Waals surface area contributed by atoms with Gasteiger partial charge in [-0.3, -0.25) is 5.43 Å². The zero-order valence-electron chi connectivity index (χ0n) is 12.5. The molecule has 8 nitrogen and oxygen atoms in total. The zero-order chi connectivity index (χ0) is 14.7. The summed E-state index contributed by atoms with van der Waals surface area (Å²) in [5.74, 6) is 7.32. The SMILES string of the molecule is CC1COCCN1c1nc(NN)nc(N2CCCCC2)n1. The van der Waals surface area contributed by atoms with Crippen LogP contribution in [0, 0.1) is 0 Å². The molecule has 3 rings (SSSR count). The maximum atomic E-state index is 5.52. The van der Waals surface area contributed by atoms with Crippen LogP contribution in [0.1, 0.15) is 26.2 Å². The van der Waals surface area contributed by atoms with Gasteiger partial charge in [-0.1, -0.05) is 0 Å². The van der Waals surface area contributed by atoms with E-state index in [9.17, 15) is 0 Å². The van der Waals surface area contributed by atoms with Crippen molar-refractivity contribution < 1.29 is 4.74 Å². The van der Waals surface area contributed by atoms with Crippen molar-refractivity contribution in [1.29, 1.82) is 0 Å². The summed E-state index contributed by atoms with van der Waals surface area (Å²) in [7, 11) is 0. The Bertz CT molecular complexity index is 478. The molecule has 1 aromatic rings. The normalized spacial score (nSPS) is 23.2. The van der Waals surface area contributed by atoms with Gasteiger partial charge in [0.05, 0.1) is 19.3 Å². The van der Waals surface area contributed by atoms with E-state index in [4.69, 9.17) is 10.6 Å². The number of piperidine rings is 1. The Morgan fingerprint density at radius 3 is 2.57 bits per heavy atom. The molecule has 2 fully saturated rings. The minimum absolute atomic E-state index is 0.251. The molecule has 2 aliphatic heterocycles. The summed E-state index contributed by atoms with van der Waals surface area (Å²) in [6, 6.07) is 0.251. The van der Waals surface area contributed by atoms with Crippen molar-refractivity contribution in [3.05, 3.63) is 0 Å². The molecule has 2 saturated heterocycles. The lowest BCUT2D eigenvalue weighted by atomic mass is 10.1. The van der Waals surface area contributed by atoms with Gasteiger partial charge in [0.15, 0.2) is 0 Å². The minimum atomic E-state index is 0.251. The van der Waals surface area contributed by atoms with Crippen molar-refractivity contribution in [2.24, 2.45) is 5.84 Å². The van der Waals surface area contributed by atoms with Crippen LogP contribution in [-0.2, 0) is 4.74 Å². The molecular weight excluding hydrogens is 270 g/mol. The van der Waals surface area contributed by atoms with Crippen molar-refractivity contribution in [2.75, 3.05) is 48.1 Å². The first kappa shape index (κ1) is 14.3. The molecule has 0 radical (unpaired) electrons. The summed E-state index contributed by atoms with van der Waals surface area (Å²) < 4.78 is 5.47. The lowest BCUT2D eigenvalue weighted by Gasteiger charge is -2.34. The van der Waals surface area contributed by atoms with Crippen LogP contribution < -0.4 is 21.1 Å². The summed E-state index contributed by atoms with van der Waals surface area (Å²) in [5.41, 5.74) is 2.55. The van der Waals surface area contributed by atoms with Gasteiger partial charge in [-0.05, 0) is 26.2 Å². The first-order chi connectivity index (χ1) is 10.3. The molecule has 0 amide bonds. The summed E-state index contributed by atoms with van der Waals surface area (Å²) in [6.45, 7) is 6.27. The Morgan fingerprint density at radius 1 is 1.10 bits per heavy atom. The van der Waals surface area contributed by atoms with Gasteiger partial charge < -0.3 is 14.5 Å². The number of aromatic nitrogens is 3. The predicted octanol–water partition coefficient (Wildman–Crippen LogP) is 0.373. The van der Waals surface area contributed by atoms with Crippen molar-refractivity contribution in [3.8, 4) is 0 Å². The van der Waals surface area contributed by atoms with Gasteiger partial charge in [-0.15, -0.1) is 0 Å². The third-order valence-corrected chi connectivity index (χ3v) is 4.00. The average Bonchev–Trinajstić information content (AvgIpc) is 2.55. The van der Waals surface area contributed by atoms with Crippen molar-refractivity contribution >= 4 is 17.8 Å². The van der Waals surface area contributed by atoms with Crippen LogP contribution in [0.4, 0.5) is 17.8 Å². The summed E-state index contributed by atoms with van der Waals surface area (Å²) in [4.78, 5) is 17.8. The molecule has 0 aliphatic carbocycles. The van der Waals surface area contributed by atoms with E-state index in [-0.39, 0.29) is 6.04 Å². The van der Waals surface area contributed by atoms with E-state index in [1.54, 1.807) is 0 Å². The van der Waals surface area contributed by atoms with E-state index in [0.717, 1.165) is 19.6 Å². The van der Waals surface area contributed by atoms with Gasteiger partial charge in [-0.25, -0.2) is 5.84 Å². The molecule has 0 saturated carbocycles. The van der Waals surface area contributed by atoms with Crippen LogP contribution in [0.5, 0.6) is 0 Å². The Hall–Kier alpha value is -1.67. The molecule has 3 N–H and O–H groups in total. The lowest BCUT2D eigenvalue weighted by Crippen LogP contribution is -2.45. The van der Waals surface area contributed by atoms with E-state index in [2.05, 4.69) is 37.1 Å². The molecule has 1 atom stereocenters. The summed E-state index contributed by atoms with van der Waals surface area (Å²) in [6.07, 6.45) is 3.64. The third kappa shape index (κ3) is 3.16. The number of nitrogen functional groups attached to an aromatic ring is 1. The Kier molecular flexibility index (Phi) is 4.35. The second-order valence-electron chi connectivity index (χ2n) is 5.57. The molecular formula is C13H23N7O. The number of nitrogens with two attached hydrogens (primary N) is 1. The molecule has 8 heteroatoms. The quantitative estimate of drug-likeness (QED) is 0.610. The highest BCUT2D eigenvalue weighted by Gasteiger charge is 2.24. The molecule has 3 heterocycles. The van der Waals surface area contributed by atoms with Gasteiger partial charge in [0.25, 0.3) is 0 Å². The number of rotatable bonds is 3. The molecule has 21 heavy (non-hydrogen) atoms. The minimum Gasteiger partial charge on any atom is -0.377 e. The third-order valence-electron chi connectivity index (χ3n) is 4.00. The number of hydrazine groups is 1. The number of hydrogen-bond acceptors (Lipinski definition) is 8. The molecule has 1 aromatic heterocycles. The van der Waals surface area contributed by atoms with Crippen molar-refractivity contribution in [2.45, 2.75) is 32.2 Å². The van der Waals surface area contributed by atoms with Crippen LogP contribution in [0.2, 0.25) is 0 Å². The van der Waals surface area contributed by atoms with E-state index >= 15 is 0 Å². The predicted molar refractivity (Wildman–Crippen MR) is 81.3 cm³/mol. The van der Waals surface area contributed by atoms with Gasteiger partial charge >= 0.3 is 0 Å². The molecule has 2 aliphatic rings. The fourth-order valence-corrected chi connectivity index (χ4v) is 2.81. The number of nitrogens with zero attached hydrogens (tertiary/aromatic N) is 5. The Balaban J connectivity index is 1.88. The Morgan fingerprint density at radius 2 is 1.86 bits per heavy atom. The molecule has 0 spiro atoms. The number of hydrogen-bond donors (Lipinski definition) is 2. The van der Waals surface area contributed by atoms with E-state index in [1.165, 1.54) is 19.3 Å². The fourth-order valence-electron chi connectivity index (χ4n) is 2.81. The topological polar surface area (TPSA) is 92.4 Å². The van der Waals surface area contributed by atoms with Crippen LogP contribution in [0.15, 0.2) is 0 Å². The smallest absolute Gasteiger partial charge is 0.243 e. The number of ether oxygens (including phenoxy) is 1. The highest BCUT2D eigenvalue weighted by atomic mass is 16.5. The number of anilines is 3. The largest absolute Gasteiger partial charge is 0.377 e. The summed E-state index contributed by atoms with van der Waals surface area (Å²) >= 11 is 0. The molecule has 116 valence electrons. The maximum absolute atomic E-state index is 5.52. The van der Waals surface area contributed by atoms with E-state index in [1.807, 2.05) is 0 Å². The zero-order valence-corrected chi connectivity index (χ0v) is 12.5. The maximum Gasteiger partial charge on any atom is 0.243 e. The average molecular weight is 293 g/mol. The second kappa shape index (κ2) is 6.40. The van der Waals surface area contributed by atoms with Crippen LogP contribution in [-0.4, -0.2) is 53.8 Å². The van der Waals surface area contributed by atoms with Crippen LogP contribution in [0.25, 0.3) is 0 Å². The fraction of sp³-hybridized carbons (Fsp3) is 0.769.